The molecular weight excluding hydrogens is 457 g/mol. The molecule has 182 valence electrons. The molecule has 1 aromatic carbocycles. The topological polar surface area (TPSA) is 75.4 Å². The maximum absolute atomic E-state index is 15.0. The lowest BCUT2D eigenvalue weighted by molar-refractivity contribution is -0.120. The van der Waals surface area contributed by atoms with Crippen LogP contribution >= 0.6 is 12.4 Å². The number of carbonyl (C=O) groups is 1. The van der Waals surface area contributed by atoms with E-state index in [2.05, 4.69) is 20.1 Å². The first kappa shape index (κ1) is 25.8. The van der Waals surface area contributed by atoms with E-state index in [0.29, 0.717) is 31.0 Å². The Morgan fingerprint density at radius 3 is 2.47 bits per heavy atom. The van der Waals surface area contributed by atoms with Gasteiger partial charge in [-0.3, -0.25) is 14.7 Å². The summed E-state index contributed by atoms with van der Waals surface area (Å²) in [6.45, 7) is 6.03. The minimum absolute atomic E-state index is 0. The van der Waals surface area contributed by atoms with Crippen LogP contribution < -0.4 is 4.90 Å². The Labute approximate surface area is 205 Å². The van der Waals surface area contributed by atoms with E-state index in [1.54, 1.807) is 36.2 Å². The van der Waals surface area contributed by atoms with Crippen molar-refractivity contribution in [2.75, 3.05) is 24.5 Å². The third-order valence-corrected chi connectivity index (χ3v) is 6.33. The van der Waals surface area contributed by atoms with Gasteiger partial charge in [0.15, 0.2) is 0 Å². The maximum atomic E-state index is 15.0. The van der Waals surface area contributed by atoms with Crippen molar-refractivity contribution in [3.63, 3.8) is 0 Å². The molecule has 1 fully saturated rings. The van der Waals surface area contributed by atoms with Gasteiger partial charge in [0.2, 0.25) is 17.7 Å². The molecular formula is C25H31ClFN5O2. The van der Waals surface area contributed by atoms with Crippen LogP contribution in [0.4, 0.5) is 10.1 Å². The Morgan fingerprint density at radius 1 is 1.12 bits per heavy atom. The van der Waals surface area contributed by atoms with Crippen molar-refractivity contribution in [1.29, 1.82) is 0 Å². The summed E-state index contributed by atoms with van der Waals surface area (Å²) in [6, 6.07) is 12.3. The molecule has 0 N–H and O–H groups in total. The molecule has 1 aliphatic rings. The Kier molecular flexibility index (Phi) is 8.74. The highest BCUT2D eigenvalue weighted by Gasteiger charge is 2.49. The van der Waals surface area contributed by atoms with Crippen LogP contribution in [0.25, 0.3) is 0 Å². The van der Waals surface area contributed by atoms with Crippen molar-refractivity contribution >= 4 is 24.0 Å². The average molecular weight is 488 g/mol. The molecule has 0 spiro atoms. The van der Waals surface area contributed by atoms with E-state index in [-0.39, 0.29) is 30.4 Å². The molecule has 1 aliphatic heterocycles. The zero-order valence-electron chi connectivity index (χ0n) is 19.6. The van der Waals surface area contributed by atoms with Crippen LogP contribution in [0.3, 0.4) is 0 Å². The van der Waals surface area contributed by atoms with Crippen LogP contribution in [0.2, 0.25) is 0 Å². The van der Waals surface area contributed by atoms with Gasteiger partial charge in [0.05, 0.1) is 5.69 Å². The van der Waals surface area contributed by atoms with Crippen molar-refractivity contribution in [3.8, 4) is 0 Å². The van der Waals surface area contributed by atoms with Crippen molar-refractivity contribution in [3.05, 3.63) is 72.0 Å². The van der Waals surface area contributed by atoms with E-state index in [1.807, 2.05) is 25.1 Å². The first-order chi connectivity index (χ1) is 16.1. The minimum Gasteiger partial charge on any atom is -0.423 e. The second kappa shape index (κ2) is 11.5. The van der Waals surface area contributed by atoms with Gasteiger partial charge in [-0.25, -0.2) is 4.39 Å². The smallest absolute Gasteiger partial charge is 0.242 e. The van der Waals surface area contributed by atoms with Crippen LogP contribution in [0, 0.1) is 5.82 Å². The number of halogens is 2. The number of para-hydroxylation sites is 1. The average Bonchev–Trinajstić information content (AvgIpc) is 3.35. The lowest BCUT2D eigenvalue weighted by Crippen LogP contribution is -2.56. The van der Waals surface area contributed by atoms with Crippen LogP contribution in [0.1, 0.15) is 50.6 Å². The molecule has 3 aromatic rings. The molecule has 7 nitrogen and oxygen atoms in total. The second-order valence-electron chi connectivity index (χ2n) is 8.33. The van der Waals surface area contributed by atoms with Gasteiger partial charge in [-0.1, -0.05) is 32.0 Å². The molecule has 0 radical (unpaired) electrons. The molecule has 0 aliphatic carbocycles. The molecule has 3 heterocycles. The molecule has 34 heavy (non-hydrogen) atoms. The number of carbonyl (C=O) groups excluding carboxylic acids is 1. The molecule has 0 saturated carbocycles. The zero-order chi connectivity index (χ0) is 23.3. The van der Waals surface area contributed by atoms with Gasteiger partial charge >= 0.3 is 0 Å². The first-order valence-corrected chi connectivity index (χ1v) is 11.6. The summed E-state index contributed by atoms with van der Waals surface area (Å²) in [5, 5.41) is 8.50. The van der Waals surface area contributed by atoms with Gasteiger partial charge in [0, 0.05) is 50.8 Å². The monoisotopic (exact) mass is 487 g/mol. The highest BCUT2D eigenvalue weighted by atomic mass is 35.5. The molecule has 4 rings (SSSR count). The fourth-order valence-electron chi connectivity index (χ4n) is 4.48. The number of pyridine rings is 1. The van der Waals surface area contributed by atoms with Gasteiger partial charge < -0.3 is 9.32 Å². The fourth-order valence-corrected chi connectivity index (χ4v) is 4.48. The van der Waals surface area contributed by atoms with Gasteiger partial charge in [-0.05, 0) is 37.1 Å². The van der Waals surface area contributed by atoms with E-state index in [9.17, 15) is 9.18 Å². The normalized spacial score (nSPS) is 15.5. The number of nitrogens with zero attached hydrogens (tertiary/aromatic N) is 5. The number of likely N-dealkylation sites (tertiary alicyclic amines) is 1. The number of piperidine rings is 1. The molecule has 9 heteroatoms. The van der Waals surface area contributed by atoms with Gasteiger partial charge in [-0.2, -0.15) is 0 Å². The fraction of sp³-hybridized carbons (Fsp3) is 0.440. The molecule has 0 atom stereocenters. The predicted octanol–water partition coefficient (Wildman–Crippen LogP) is 4.56. The maximum Gasteiger partial charge on any atom is 0.242 e. The predicted molar refractivity (Wildman–Crippen MR) is 130 cm³/mol. The van der Waals surface area contributed by atoms with E-state index >= 15 is 0 Å². The number of rotatable bonds is 8. The summed E-state index contributed by atoms with van der Waals surface area (Å²) < 4.78 is 21.0. The van der Waals surface area contributed by atoms with Crippen molar-refractivity contribution in [2.45, 2.75) is 51.5 Å². The Morgan fingerprint density at radius 2 is 1.85 bits per heavy atom. The molecule has 0 unspecified atom stereocenters. The Hall–Kier alpha value is -2.84. The molecule has 2 aromatic heterocycles. The number of amides is 1. The Balaban J connectivity index is 0.00000324. The highest BCUT2D eigenvalue weighted by molar-refractivity contribution is 5.94. The summed E-state index contributed by atoms with van der Waals surface area (Å²) in [5.74, 6) is 0.290. The van der Waals surface area contributed by atoms with E-state index in [1.165, 1.54) is 6.07 Å². The quantitative estimate of drug-likeness (QED) is 0.463. The SMILES string of the molecule is CCC(=O)N(c1ccccc1F)C1(c2nnc(CC)o2)CCN(CCc2ccccn2)CC1.Cl. The van der Waals surface area contributed by atoms with E-state index in [4.69, 9.17) is 4.42 Å². The largest absolute Gasteiger partial charge is 0.423 e. The molecule has 1 saturated heterocycles. The van der Waals surface area contributed by atoms with Crippen molar-refractivity contribution in [1.82, 2.24) is 20.1 Å². The summed E-state index contributed by atoms with van der Waals surface area (Å²) in [5.41, 5.74) is 0.410. The van der Waals surface area contributed by atoms with Crippen LogP contribution in [0.5, 0.6) is 0 Å². The summed E-state index contributed by atoms with van der Waals surface area (Å²) >= 11 is 0. The Bertz CT molecular complexity index is 1070. The second-order valence-corrected chi connectivity index (χ2v) is 8.33. The van der Waals surface area contributed by atoms with Crippen LogP contribution in [0.15, 0.2) is 53.1 Å². The first-order valence-electron chi connectivity index (χ1n) is 11.6. The summed E-state index contributed by atoms with van der Waals surface area (Å²) in [7, 11) is 0. The van der Waals surface area contributed by atoms with E-state index in [0.717, 1.165) is 31.7 Å². The lowest BCUT2D eigenvalue weighted by atomic mass is 9.84. The minimum atomic E-state index is -0.892. The number of aromatic nitrogens is 3. The number of hydrogen-bond donors (Lipinski definition) is 0. The van der Waals surface area contributed by atoms with Gasteiger partial charge in [-0.15, -0.1) is 22.6 Å². The lowest BCUT2D eigenvalue weighted by Gasteiger charge is -2.46. The third-order valence-electron chi connectivity index (χ3n) is 6.33. The van der Waals surface area contributed by atoms with Crippen molar-refractivity contribution < 1.29 is 13.6 Å². The molecule has 1 amide bonds. The number of benzene rings is 1. The van der Waals surface area contributed by atoms with Crippen LogP contribution in [-0.4, -0.2) is 45.6 Å². The summed E-state index contributed by atoms with van der Waals surface area (Å²) in [6.07, 6.45) is 4.63. The molecule has 0 bridgehead atoms. The van der Waals surface area contributed by atoms with Gasteiger partial charge in [0.1, 0.15) is 11.4 Å². The number of anilines is 1. The zero-order valence-corrected chi connectivity index (χ0v) is 20.4. The highest BCUT2D eigenvalue weighted by Crippen LogP contribution is 2.42. The van der Waals surface area contributed by atoms with Crippen LogP contribution in [-0.2, 0) is 23.2 Å². The van der Waals surface area contributed by atoms with Gasteiger partial charge in [0.25, 0.3) is 0 Å². The number of aryl methyl sites for hydroxylation is 1. The number of hydrogen-bond acceptors (Lipinski definition) is 6. The van der Waals surface area contributed by atoms with Crippen molar-refractivity contribution in [2.24, 2.45) is 0 Å². The third kappa shape index (κ3) is 5.28. The summed E-state index contributed by atoms with van der Waals surface area (Å²) in [4.78, 5) is 21.6. The van der Waals surface area contributed by atoms with E-state index < -0.39 is 11.4 Å². The standard InChI is InChI=1S/C25H30FN5O2.ClH/c1-3-22-28-29-24(33-22)25(31(23(32)4-2)21-11-6-5-10-20(21)26)13-17-30(18-14-25)16-12-19-9-7-8-15-27-19;/h5-11,15H,3-4,12-14,16-18H2,1-2H3;1H.